The van der Waals surface area contributed by atoms with E-state index in [9.17, 15) is 0 Å². The van der Waals surface area contributed by atoms with Crippen molar-refractivity contribution in [2.24, 2.45) is 5.92 Å². The minimum absolute atomic E-state index is 0.585. The van der Waals surface area contributed by atoms with E-state index in [0.29, 0.717) is 5.92 Å². The third-order valence-electron chi connectivity index (χ3n) is 3.05. The van der Waals surface area contributed by atoms with Crippen LogP contribution in [0, 0.1) is 5.92 Å². The van der Waals surface area contributed by atoms with Gasteiger partial charge in [-0.2, -0.15) is 0 Å². The highest BCUT2D eigenvalue weighted by atomic mass is 16.5. The van der Waals surface area contributed by atoms with Crippen molar-refractivity contribution < 1.29 is 9.47 Å². The molecule has 1 fully saturated rings. The van der Waals surface area contributed by atoms with Crippen molar-refractivity contribution in [3.05, 3.63) is 23.8 Å². The molecule has 0 amide bonds. The second-order valence-corrected chi connectivity index (χ2v) is 4.57. The molecule has 1 aliphatic heterocycles. The number of ether oxygens (including phenoxy) is 2. The van der Waals surface area contributed by atoms with Crippen LogP contribution in [0.5, 0.6) is 0 Å². The van der Waals surface area contributed by atoms with Gasteiger partial charge in [-0.05, 0) is 18.4 Å². The molecular weight excluding hydrogens is 230 g/mol. The Kier molecular flexibility index (Phi) is 5.51. The molecule has 1 unspecified atom stereocenters. The van der Waals surface area contributed by atoms with Crippen molar-refractivity contribution in [3.8, 4) is 0 Å². The van der Waals surface area contributed by atoms with Crippen molar-refractivity contribution in [2.75, 3.05) is 33.5 Å². The van der Waals surface area contributed by atoms with E-state index in [4.69, 9.17) is 9.47 Å². The predicted molar refractivity (Wildman–Crippen MR) is 68.2 cm³/mol. The average molecular weight is 251 g/mol. The van der Waals surface area contributed by atoms with Crippen LogP contribution >= 0.6 is 0 Å². The molecule has 18 heavy (non-hydrogen) atoms. The summed E-state index contributed by atoms with van der Waals surface area (Å²) in [6.07, 6.45) is 3.89. The van der Waals surface area contributed by atoms with E-state index >= 15 is 0 Å². The van der Waals surface area contributed by atoms with Crippen LogP contribution in [0.15, 0.2) is 12.3 Å². The third-order valence-corrected chi connectivity index (χ3v) is 3.05. The zero-order valence-corrected chi connectivity index (χ0v) is 10.9. The average Bonchev–Trinajstić information content (AvgIpc) is 2.88. The van der Waals surface area contributed by atoms with Crippen LogP contribution < -0.4 is 5.32 Å². The standard InChI is InChI=1S/C13H21N3O2/c1-17-7-5-14-9-12-2-4-15-13(16-12)8-11-3-6-18-10-11/h2,4,11,14H,3,5-10H2,1H3. The van der Waals surface area contributed by atoms with Crippen LogP contribution in [0.4, 0.5) is 0 Å². The highest BCUT2D eigenvalue weighted by Crippen LogP contribution is 2.16. The number of nitrogens with zero attached hydrogens (tertiary/aromatic N) is 2. The summed E-state index contributed by atoms with van der Waals surface area (Å²) in [4.78, 5) is 8.89. The molecule has 100 valence electrons. The van der Waals surface area contributed by atoms with Gasteiger partial charge in [0.2, 0.25) is 0 Å². The highest BCUT2D eigenvalue weighted by molar-refractivity contribution is 5.03. The van der Waals surface area contributed by atoms with Crippen LogP contribution in [0.25, 0.3) is 0 Å². The Morgan fingerprint density at radius 2 is 2.50 bits per heavy atom. The van der Waals surface area contributed by atoms with Gasteiger partial charge in [-0.3, -0.25) is 0 Å². The first-order valence-electron chi connectivity index (χ1n) is 6.46. The molecule has 0 radical (unpaired) electrons. The van der Waals surface area contributed by atoms with Gasteiger partial charge in [-0.25, -0.2) is 9.97 Å². The van der Waals surface area contributed by atoms with Crippen LogP contribution in [0.3, 0.4) is 0 Å². The number of nitrogens with one attached hydrogen (secondary N) is 1. The third kappa shape index (κ3) is 4.33. The molecule has 0 saturated carbocycles. The lowest BCUT2D eigenvalue weighted by atomic mass is 10.0. The van der Waals surface area contributed by atoms with Gasteiger partial charge in [0, 0.05) is 46.0 Å². The maximum absolute atomic E-state index is 5.37. The van der Waals surface area contributed by atoms with Crippen LogP contribution in [0.2, 0.25) is 0 Å². The molecule has 1 N–H and O–H groups in total. The van der Waals surface area contributed by atoms with E-state index in [0.717, 1.165) is 57.3 Å². The van der Waals surface area contributed by atoms with Crippen molar-refractivity contribution in [1.29, 1.82) is 0 Å². The molecule has 1 aliphatic rings. The first-order chi connectivity index (χ1) is 8.88. The fourth-order valence-corrected chi connectivity index (χ4v) is 2.03. The number of hydrogen-bond donors (Lipinski definition) is 1. The Morgan fingerprint density at radius 3 is 3.28 bits per heavy atom. The Labute approximate surface area is 108 Å². The maximum Gasteiger partial charge on any atom is 0.128 e. The highest BCUT2D eigenvalue weighted by Gasteiger charge is 2.17. The molecule has 0 bridgehead atoms. The van der Waals surface area contributed by atoms with Crippen LogP contribution in [-0.2, 0) is 22.4 Å². The summed E-state index contributed by atoms with van der Waals surface area (Å²) in [6, 6.07) is 1.95. The van der Waals surface area contributed by atoms with Crippen LogP contribution in [-0.4, -0.2) is 43.4 Å². The lowest BCUT2D eigenvalue weighted by Gasteiger charge is -2.08. The van der Waals surface area contributed by atoms with Crippen molar-refractivity contribution >= 4 is 0 Å². The Hall–Kier alpha value is -1.04. The molecule has 0 spiro atoms. The molecule has 2 heterocycles. The molecule has 1 saturated heterocycles. The van der Waals surface area contributed by atoms with Gasteiger partial charge >= 0.3 is 0 Å². The number of aromatic nitrogens is 2. The van der Waals surface area contributed by atoms with Crippen molar-refractivity contribution in [2.45, 2.75) is 19.4 Å². The molecule has 0 aromatic carbocycles. The zero-order valence-electron chi connectivity index (χ0n) is 10.9. The molecule has 1 atom stereocenters. The quantitative estimate of drug-likeness (QED) is 0.726. The van der Waals surface area contributed by atoms with Gasteiger partial charge in [0.05, 0.1) is 12.3 Å². The molecule has 2 rings (SSSR count). The molecule has 0 aliphatic carbocycles. The van der Waals surface area contributed by atoms with Gasteiger partial charge < -0.3 is 14.8 Å². The zero-order chi connectivity index (χ0) is 12.6. The minimum Gasteiger partial charge on any atom is -0.383 e. The fraction of sp³-hybridized carbons (Fsp3) is 0.692. The van der Waals surface area contributed by atoms with Gasteiger partial charge in [-0.15, -0.1) is 0 Å². The van der Waals surface area contributed by atoms with Gasteiger partial charge in [0.15, 0.2) is 0 Å². The summed E-state index contributed by atoms with van der Waals surface area (Å²) in [6.45, 7) is 4.05. The topological polar surface area (TPSA) is 56.3 Å². The molecule has 5 nitrogen and oxygen atoms in total. The maximum atomic E-state index is 5.37. The van der Waals surface area contributed by atoms with Gasteiger partial charge in [0.1, 0.15) is 5.82 Å². The van der Waals surface area contributed by atoms with E-state index < -0.39 is 0 Å². The Bertz CT molecular complexity index is 354. The fourth-order valence-electron chi connectivity index (χ4n) is 2.03. The van der Waals surface area contributed by atoms with E-state index in [1.54, 1.807) is 7.11 Å². The Balaban J connectivity index is 1.80. The lowest BCUT2D eigenvalue weighted by Crippen LogP contribution is -2.19. The number of methoxy groups -OCH3 is 1. The summed E-state index contributed by atoms with van der Waals surface area (Å²) in [5, 5.41) is 3.28. The van der Waals surface area contributed by atoms with E-state index in [2.05, 4.69) is 15.3 Å². The normalized spacial score (nSPS) is 19.3. The second kappa shape index (κ2) is 7.41. The predicted octanol–water partition coefficient (Wildman–Crippen LogP) is 0.792. The monoisotopic (exact) mass is 251 g/mol. The van der Waals surface area contributed by atoms with Crippen molar-refractivity contribution in [3.63, 3.8) is 0 Å². The molecule has 1 aromatic rings. The van der Waals surface area contributed by atoms with E-state index in [1.165, 1.54) is 0 Å². The summed E-state index contributed by atoms with van der Waals surface area (Å²) in [5.74, 6) is 1.51. The minimum atomic E-state index is 0.585. The van der Waals surface area contributed by atoms with Gasteiger partial charge in [-0.1, -0.05) is 0 Å². The van der Waals surface area contributed by atoms with Gasteiger partial charge in [0.25, 0.3) is 0 Å². The first kappa shape index (κ1) is 13.4. The van der Waals surface area contributed by atoms with Crippen molar-refractivity contribution in [1.82, 2.24) is 15.3 Å². The summed E-state index contributed by atoms with van der Waals surface area (Å²) in [5.41, 5.74) is 1.04. The largest absolute Gasteiger partial charge is 0.383 e. The number of rotatable bonds is 7. The summed E-state index contributed by atoms with van der Waals surface area (Å²) < 4.78 is 10.4. The molecular formula is C13H21N3O2. The SMILES string of the molecule is COCCNCc1ccnc(CC2CCOC2)n1. The van der Waals surface area contributed by atoms with Crippen LogP contribution in [0.1, 0.15) is 17.9 Å². The molecule has 5 heteroatoms. The lowest BCUT2D eigenvalue weighted by molar-refractivity contribution is 0.185. The number of hydrogen-bond acceptors (Lipinski definition) is 5. The second-order valence-electron chi connectivity index (χ2n) is 4.57. The Morgan fingerprint density at radius 1 is 1.56 bits per heavy atom. The summed E-state index contributed by atoms with van der Waals surface area (Å²) in [7, 11) is 1.70. The smallest absolute Gasteiger partial charge is 0.128 e. The van der Waals surface area contributed by atoms with E-state index in [1.807, 2.05) is 12.3 Å². The first-order valence-corrected chi connectivity index (χ1v) is 6.46. The van der Waals surface area contributed by atoms with E-state index in [-0.39, 0.29) is 0 Å². The molecule has 1 aromatic heterocycles. The summed E-state index contributed by atoms with van der Waals surface area (Å²) >= 11 is 0.